The highest BCUT2D eigenvalue weighted by atomic mass is 35.5. The maximum atomic E-state index is 12.3. The zero-order chi connectivity index (χ0) is 14.9. The molecule has 0 radical (unpaired) electrons. The van der Waals surface area contributed by atoms with E-state index in [0.717, 1.165) is 44.9 Å². The number of hydrogen-bond acceptors (Lipinski definition) is 2. The molecule has 0 atom stereocenters. The fourth-order valence-corrected chi connectivity index (χ4v) is 3.02. The monoisotopic (exact) mass is 324 g/mol. The lowest BCUT2D eigenvalue weighted by Crippen LogP contribution is -2.34. The normalized spacial score (nSPS) is 15.1. The summed E-state index contributed by atoms with van der Waals surface area (Å²) in [6.07, 6.45) is 5.18. The number of nitrogens with zero attached hydrogens (tertiary/aromatic N) is 1. The molecule has 4 heteroatoms. The highest BCUT2D eigenvalue weighted by molar-refractivity contribution is 5.85. The number of benzene rings is 1. The summed E-state index contributed by atoms with van der Waals surface area (Å²) in [5, 5.41) is 3.38. The zero-order valence-electron chi connectivity index (χ0n) is 13.6. The maximum absolute atomic E-state index is 12.3. The molecule has 0 bridgehead atoms. The Hall–Kier alpha value is -1.06. The van der Waals surface area contributed by atoms with Crippen molar-refractivity contribution in [2.45, 2.75) is 39.0 Å². The van der Waals surface area contributed by atoms with E-state index in [9.17, 15) is 4.79 Å². The summed E-state index contributed by atoms with van der Waals surface area (Å²) in [6, 6.07) is 10.4. The van der Waals surface area contributed by atoms with Gasteiger partial charge in [0.2, 0.25) is 5.91 Å². The summed E-state index contributed by atoms with van der Waals surface area (Å²) in [5.41, 5.74) is 1.31. The van der Waals surface area contributed by atoms with Crippen molar-refractivity contribution in [2.75, 3.05) is 26.2 Å². The Labute approximate surface area is 140 Å². The first-order chi connectivity index (χ1) is 10.3. The minimum Gasteiger partial charge on any atom is -0.343 e. The number of hydrogen-bond donors (Lipinski definition) is 1. The first-order valence-electron chi connectivity index (χ1n) is 8.32. The molecule has 1 heterocycles. The second kappa shape index (κ2) is 10.6. The summed E-state index contributed by atoms with van der Waals surface area (Å²) in [6.45, 7) is 5.96. The highest BCUT2D eigenvalue weighted by Gasteiger charge is 2.17. The predicted octanol–water partition coefficient (Wildman–Crippen LogP) is 3.28. The minimum absolute atomic E-state index is 0. The van der Waals surface area contributed by atoms with Crippen molar-refractivity contribution >= 4 is 18.3 Å². The molecule has 3 nitrogen and oxygen atoms in total. The van der Waals surface area contributed by atoms with Crippen LogP contribution in [0.1, 0.15) is 38.2 Å². The van der Waals surface area contributed by atoms with E-state index in [1.54, 1.807) is 0 Å². The molecule has 1 aliphatic heterocycles. The molecule has 0 unspecified atom stereocenters. The molecule has 1 saturated heterocycles. The molecule has 1 aromatic rings. The van der Waals surface area contributed by atoms with E-state index < -0.39 is 0 Å². The number of amides is 1. The number of halogens is 1. The number of piperidine rings is 1. The van der Waals surface area contributed by atoms with Gasteiger partial charge < -0.3 is 10.2 Å². The van der Waals surface area contributed by atoms with Gasteiger partial charge in [-0.25, -0.2) is 0 Å². The van der Waals surface area contributed by atoms with Crippen LogP contribution in [-0.2, 0) is 11.2 Å². The minimum atomic E-state index is 0. The highest BCUT2D eigenvalue weighted by Crippen LogP contribution is 2.18. The lowest BCUT2D eigenvalue weighted by Gasteiger charge is -2.25. The van der Waals surface area contributed by atoms with E-state index in [1.165, 1.54) is 18.4 Å². The van der Waals surface area contributed by atoms with E-state index in [4.69, 9.17) is 0 Å². The number of carbonyl (C=O) groups is 1. The summed E-state index contributed by atoms with van der Waals surface area (Å²) >= 11 is 0. The third-order valence-corrected chi connectivity index (χ3v) is 4.47. The van der Waals surface area contributed by atoms with Gasteiger partial charge in [0, 0.05) is 19.5 Å². The van der Waals surface area contributed by atoms with Crippen molar-refractivity contribution in [1.82, 2.24) is 10.2 Å². The van der Waals surface area contributed by atoms with Crippen molar-refractivity contribution < 1.29 is 4.79 Å². The summed E-state index contributed by atoms with van der Waals surface area (Å²) in [7, 11) is 0. The maximum Gasteiger partial charge on any atom is 0.222 e. The van der Waals surface area contributed by atoms with E-state index >= 15 is 0 Å². The van der Waals surface area contributed by atoms with Gasteiger partial charge in [-0.3, -0.25) is 4.79 Å². The second-order valence-corrected chi connectivity index (χ2v) is 5.94. The average molecular weight is 325 g/mol. The van der Waals surface area contributed by atoms with Crippen molar-refractivity contribution in [3.8, 4) is 0 Å². The molecule has 1 N–H and O–H groups in total. The van der Waals surface area contributed by atoms with Gasteiger partial charge in [0.1, 0.15) is 0 Å². The molecule has 2 rings (SSSR count). The molecule has 0 aromatic heterocycles. The summed E-state index contributed by atoms with van der Waals surface area (Å²) < 4.78 is 0. The van der Waals surface area contributed by atoms with Crippen LogP contribution in [0.15, 0.2) is 30.3 Å². The van der Waals surface area contributed by atoms with Crippen LogP contribution in [-0.4, -0.2) is 37.0 Å². The van der Waals surface area contributed by atoms with Gasteiger partial charge in [-0.05, 0) is 57.2 Å². The van der Waals surface area contributed by atoms with Crippen LogP contribution in [0.2, 0.25) is 0 Å². The van der Waals surface area contributed by atoms with Crippen molar-refractivity contribution in [1.29, 1.82) is 0 Å². The van der Waals surface area contributed by atoms with Crippen LogP contribution in [0.3, 0.4) is 0 Å². The second-order valence-electron chi connectivity index (χ2n) is 5.94. The standard InChI is InChI=1S/C18H28N2O.ClH/c1-2-20(15-12-16-6-4-3-5-7-16)18(21)9-8-17-10-13-19-14-11-17;/h3-7,17,19H,2,8-15H2,1H3;1H. The van der Waals surface area contributed by atoms with Gasteiger partial charge in [-0.2, -0.15) is 0 Å². The average Bonchev–Trinajstić information content (AvgIpc) is 2.55. The van der Waals surface area contributed by atoms with Crippen molar-refractivity contribution in [3.63, 3.8) is 0 Å². The van der Waals surface area contributed by atoms with Crippen LogP contribution >= 0.6 is 12.4 Å². The lowest BCUT2D eigenvalue weighted by molar-refractivity contribution is -0.131. The van der Waals surface area contributed by atoms with Crippen LogP contribution in [0.4, 0.5) is 0 Å². The third-order valence-electron chi connectivity index (χ3n) is 4.47. The Morgan fingerprint density at radius 2 is 1.91 bits per heavy atom. The molecule has 1 aromatic carbocycles. The Morgan fingerprint density at radius 1 is 1.23 bits per heavy atom. The Balaban J connectivity index is 0.00000242. The first kappa shape index (κ1) is 19.0. The topological polar surface area (TPSA) is 32.3 Å². The van der Waals surface area contributed by atoms with Gasteiger partial charge in [0.15, 0.2) is 0 Å². The van der Waals surface area contributed by atoms with Crippen LogP contribution in [0, 0.1) is 5.92 Å². The molecular formula is C18H29ClN2O. The van der Waals surface area contributed by atoms with Crippen LogP contribution in [0.25, 0.3) is 0 Å². The molecule has 0 saturated carbocycles. The van der Waals surface area contributed by atoms with Crippen LogP contribution < -0.4 is 5.32 Å². The van der Waals surface area contributed by atoms with Gasteiger partial charge in [0.05, 0.1) is 0 Å². The quantitative estimate of drug-likeness (QED) is 0.834. The third kappa shape index (κ3) is 6.37. The van der Waals surface area contributed by atoms with E-state index in [-0.39, 0.29) is 12.4 Å². The zero-order valence-corrected chi connectivity index (χ0v) is 14.4. The molecule has 1 amide bonds. The molecule has 0 spiro atoms. The van der Waals surface area contributed by atoms with Gasteiger partial charge in [-0.15, -0.1) is 12.4 Å². The molecular weight excluding hydrogens is 296 g/mol. The van der Waals surface area contributed by atoms with Crippen molar-refractivity contribution in [3.05, 3.63) is 35.9 Å². The van der Waals surface area contributed by atoms with Crippen molar-refractivity contribution in [2.24, 2.45) is 5.92 Å². The molecule has 22 heavy (non-hydrogen) atoms. The first-order valence-corrected chi connectivity index (χ1v) is 8.32. The summed E-state index contributed by atoms with van der Waals surface area (Å²) in [4.78, 5) is 14.4. The Morgan fingerprint density at radius 3 is 2.55 bits per heavy atom. The smallest absolute Gasteiger partial charge is 0.222 e. The fraction of sp³-hybridized carbons (Fsp3) is 0.611. The Kier molecular flexibility index (Phi) is 9.17. The van der Waals surface area contributed by atoms with Crippen LogP contribution in [0.5, 0.6) is 0 Å². The molecule has 0 aliphatic carbocycles. The Bertz CT molecular complexity index is 418. The summed E-state index contributed by atoms with van der Waals surface area (Å²) in [5.74, 6) is 1.06. The number of likely N-dealkylation sites (N-methyl/N-ethyl adjacent to an activating group) is 1. The number of rotatable bonds is 7. The van der Waals surface area contributed by atoms with E-state index in [1.807, 2.05) is 11.0 Å². The van der Waals surface area contributed by atoms with E-state index in [2.05, 4.69) is 36.5 Å². The molecule has 124 valence electrons. The van der Waals surface area contributed by atoms with Gasteiger partial charge in [-0.1, -0.05) is 30.3 Å². The van der Waals surface area contributed by atoms with E-state index in [0.29, 0.717) is 12.3 Å². The SMILES string of the molecule is CCN(CCc1ccccc1)C(=O)CCC1CCNCC1.Cl. The molecule has 1 aliphatic rings. The number of nitrogens with one attached hydrogen (secondary N) is 1. The lowest BCUT2D eigenvalue weighted by atomic mass is 9.93. The van der Waals surface area contributed by atoms with Gasteiger partial charge in [0.25, 0.3) is 0 Å². The predicted molar refractivity (Wildman–Crippen MR) is 94.5 cm³/mol. The number of carbonyl (C=O) groups excluding carboxylic acids is 1. The molecule has 1 fully saturated rings. The van der Waals surface area contributed by atoms with Gasteiger partial charge >= 0.3 is 0 Å². The largest absolute Gasteiger partial charge is 0.343 e. The fourth-order valence-electron chi connectivity index (χ4n) is 3.02.